The van der Waals surface area contributed by atoms with E-state index in [9.17, 15) is 4.79 Å². The largest absolute Gasteiger partial charge is 0.381 e. The van der Waals surface area contributed by atoms with Gasteiger partial charge in [0, 0.05) is 37.0 Å². The van der Waals surface area contributed by atoms with Gasteiger partial charge in [0.1, 0.15) is 0 Å². The fourth-order valence-corrected chi connectivity index (χ4v) is 5.27. The second-order valence-electron chi connectivity index (χ2n) is 7.07. The predicted octanol–water partition coefficient (Wildman–Crippen LogP) is 2.14. The minimum absolute atomic E-state index is 0.229. The number of likely N-dealkylation sites (tertiary alicyclic amines) is 1. The normalized spacial score (nSPS) is 30.3. The Morgan fingerprint density at radius 1 is 1.18 bits per heavy atom. The van der Waals surface area contributed by atoms with Gasteiger partial charge in [-0.2, -0.15) is 11.8 Å². The first-order valence-corrected chi connectivity index (χ1v) is 10.1. The van der Waals surface area contributed by atoms with E-state index in [1.54, 1.807) is 0 Å². The summed E-state index contributed by atoms with van der Waals surface area (Å²) in [4.78, 5) is 15.1. The van der Waals surface area contributed by atoms with Crippen molar-refractivity contribution in [3.05, 3.63) is 0 Å². The fraction of sp³-hybridized carbons (Fsp3) is 0.941. The van der Waals surface area contributed by atoms with Crippen molar-refractivity contribution >= 4 is 17.7 Å². The second kappa shape index (κ2) is 8.02. The molecule has 3 fully saturated rings. The fourth-order valence-electron chi connectivity index (χ4n) is 4.01. The molecule has 0 saturated carbocycles. The molecule has 0 spiro atoms. The lowest BCUT2D eigenvalue weighted by atomic mass is 9.90. The zero-order valence-corrected chi connectivity index (χ0v) is 14.6. The molecule has 3 heterocycles. The van der Waals surface area contributed by atoms with Gasteiger partial charge in [-0.25, -0.2) is 0 Å². The maximum Gasteiger partial charge on any atom is 0.223 e. The Balaban J connectivity index is 1.41. The van der Waals surface area contributed by atoms with Crippen LogP contribution in [-0.2, 0) is 9.53 Å². The van der Waals surface area contributed by atoms with Gasteiger partial charge in [0.05, 0.1) is 0 Å². The van der Waals surface area contributed by atoms with Gasteiger partial charge in [-0.05, 0) is 63.8 Å². The summed E-state index contributed by atoms with van der Waals surface area (Å²) < 4.78 is 5.41. The molecule has 0 aromatic heterocycles. The van der Waals surface area contributed by atoms with Crippen molar-refractivity contribution in [1.82, 2.24) is 10.2 Å². The minimum atomic E-state index is 0.229. The van der Waals surface area contributed by atoms with Gasteiger partial charge in [0.2, 0.25) is 5.91 Å². The van der Waals surface area contributed by atoms with E-state index < -0.39 is 0 Å². The van der Waals surface area contributed by atoms with Crippen molar-refractivity contribution in [2.75, 3.05) is 37.8 Å². The van der Waals surface area contributed by atoms with Crippen LogP contribution in [0.1, 0.15) is 39.0 Å². The topological polar surface area (TPSA) is 41.6 Å². The summed E-state index contributed by atoms with van der Waals surface area (Å²) in [5.74, 6) is 3.71. The summed E-state index contributed by atoms with van der Waals surface area (Å²) >= 11 is 2.08. The molecule has 126 valence electrons. The number of rotatable bonds is 4. The summed E-state index contributed by atoms with van der Waals surface area (Å²) in [5, 5.41) is 3.29. The van der Waals surface area contributed by atoms with Crippen molar-refractivity contribution in [3.8, 4) is 0 Å². The molecule has 0 aliphatic carbocycles. The summed E-state index contributed by atoms with van der Waals surface area (Å²) in [6, 6.07) is 1.07. The lowest BCUT2D eigenvalue weighted by Crippen LogP contribution is -2.47. The van der Waals surface area contributed by atoms with Gasteiger partial charge in [-0.1, -0.05) is 0 Å². The van der Waals surface area contributed by atoms with Crippen LogP contribution in [-0.4, -0.2) is 60.7 Å². The Hall–Kier alpha value is -0.260. The van der Waals surface area contributed by atoms with Gasteiger partial charge in [0.15, 0.2) is 0 Å². The van der Waals surface area contributed by atoms with Gasteiger partial charge in [-0.15, -0.1) is 0 Å². The molecule has 5 heteroatoms. The van der Waals surface area contributed by atoms with Gasteiger partial charge in [-0.3, -0.25) is 9.69 Å². The van der Waals surface area contributed by atoms with Crippen molar-refractivity contribution in [2.24, 2.45) is 11.8 Å². The molecule has 0 aromatic rings. The quantitative estimate of drug-likeness (QED) is 0.859. The van der Waals surface area contributed by atoms with Crippen LogP contribution in [0, 0.1) is 11.8 Å². The van der Waals surface area contributed by atoms with Gasteiger partial charge >= 0.3 is 0 Å². The van der Waals surface area contributed by atoms with E-state index >= 15 is 0 Å². The maximum absolute atomic E-state index is 12.5. The van der Waals surface area contributed by atoms with Crippen LogP contribution in [0.3, 0.4) is 0 Å². The molecule has 1 N–H and O–H groups in total. The van der Waals surface area contributed by atoms with Crippen LogP contribution in [0.2, 0.25) is 0 Å². The summed E-state index contributed by atoms with van der Waals surface area (Å²) in [6.45, 7) is 6.08. The number of hydrogen-bond donors (Lipinski definition) is 1. The number of amides is 1. The van der Waals surface area contributed by atoms with Crippen LogP contribution in [0.4, 0.5) is 0 Å². The highest BCUT2D eigenvalue weighted by Crippen LogP contribution is 2.27. The van der Waals surface area contributed by atoms with E-state index in [-0.39, 0.29) is 5.92 Å². The summed E-state index contributed by atoms with van der Waals surface area (Å²) in [6.07, 6.45) is 5.57. The first kappa shape index (κ1) is 16.6. The lowest BCUT2D eigenvalue weighted by Gasteiger charge is -2.36. The molecular weight excluding hydrogens is 296 g/mol. The number of hydrogen-bond acceptors (Lipinski definition) is 4. The average Bonchev–Trinajstić information content (AvgIpc) is 3.10. The van der Waals surface area contributed by atoms with E-state index in [4.69, 9.17) is 4.74 Å². The zero-order valence-electron chi connectivity index (χ0n) is 13.8. The molecule has 3 rings (SSSR count). The number of carbonyl (C=O) groups is 1. The van der Waals surface area contributed by atoms with Crippen molar-refractivity contribution in [2.45, 2.75) is 51.1 Å². The van der Waals surface area contributed by atoms with Crippen molar-refractivity contribution < 1.29 is 9.53 Å². The molecule has 1 amide bonds. The Bertz CT molecular complexity index is 360. The Morgan fingerprint density at radius 2 is 1.91 bits per heavy atom. The Morgan fingerprint density at radius 3 is 2.55 bits per heavy atom. The Labute approximate surface area is 138 Å². The second-order valence-corrected chi connectivity index (χ2v) is 8.22. The first-order chi connectivity index (χ1) is 10.7. The lowest BCUT2D eigenvalue weighted by molar-refractivity contribution is -0.127. The standard InChI is InChI=1S/C17H30N2O2S/c1-13(14-4-9-21-10-5-14)18-17(20)15-2-7-19(8-3-15)16-6-11-22-12-16/h13-16H,2-12H2,1H3,(H,18,20)/t13-,16-/m0/s1. The molecule has 0 bridgehead atoms. The van der Waals surface area contributed by atoms with Crippen LogP contribution in [0.25, 0.3) is 0 Å². The van der Waals surface area contributed by atoms with E-state index in [1.165, 1.54) is 17.9 Å². The molecule has 0 aromatic carbocycles. The highest BCUT2D eigenvalue weighted by molar-refractivity contribution is 7.99. The molecule has 0 unspecified atom stereocenters. The molecule has 2 atom stereocenters. The molecule has 3 saturated heterocycles. The molecule has 3 aliphatic heterocycles. The minimum Gasteiger partial charge on any atom is -0.381 e. The van der Waals surface area contributed by atoms with E-state index in [0.717, 1.165) is 58.0 Å². The van der Waals surface area contributed by atoms with Crippen molar-refractivity contribution in [3.63, 3.8) is 0 Å². The number of carbonyl (C=O) groups excluding carboxylic acids is 1. The predicted molar refractivity (Wildman–Crippen MR) is 91.2 cm³/mol. The highest BCUT2D eigenvalue weighted by Gasteiger charge is 2.31. The SMILES string of the molecule is C[C@H](NC(=O)C1CCN([C@H]2CCSC2)CC1)C1CCOCC1. The summed E-state index contributed by atoms with van der Waals surface area (Å²) in [5.41, 5.74) is 0. The first-order valence-electron chi connectivity index (χ1n) is 8.94. The van der Waals surface area contributed by atoms with Crippen molar-refractivity contribution in [1.29, 1.82) is 0 Å². The maximum atomic E-state index is 12.5. The number of nitrogens with one attached hydrogen (secondary N) is 1. The van der Waals surface area contributed by atoms with E-state index in [0.29, 0.717) is 17.9 Å². The average molecular weight is 327 g/mol. The van der Waals surface area contributed by atoms with E-state index in [2.05, 4.69) is 28.9 Å². The number of ether oxygens (including phenoxy) is 1. The third kappa shape index (κ3) is 4.18. The molecule has 22 heavy (non-hydrogen) atoms. The van der Waals surface area contributed by atoms with Crippen LogP contribution in [0.5, 0.6) is 0 Å². The number of piperidine rings is 1. The molecule has 4 nitrogen and oxygen atoms in total. The number of nitrogens with zero attached hydrogens (tertiary/aromatic N) is 1. The van der Waals surface area contributed by atoms with Crippen LogP contribution >= 0.6 is 11.8 Å². The zero-order chi connectivity index (χ0) is 15.4. The highest BCUT2D eigenvalue weighted by atomic mass is 32.2. The summed E-state index contributed by atoms with van der Waals surface area (Å²) in [7, 11) is 0. The Kier molecular flexibility index (Phi) is 6.05. The van der Waals surface area contributed by atoms with E-state index in [1.807, 2.05) is 0 Å². The van der Waals surface area contributed by atoms with Gasteiger partial charge < -0.3 is 10.1 Å². The molecule has 3 aliphatic rings. The molecule has 0 radical (unpaired) electrons. The van der Waals surface area contributed by atoms with Gasteiger partial charge in [0.25, 0.3) is 0 Å². The third-order valence-corrected chi connectivity index (χ3v) is 6.81. The third-order valence-electron chi connectivity index (χ3n) is 5.67. The number of thioether (sulfide) groups is 1. The van der Waals surface area contributed by atoms with Crippen LogP contribution < -0.4 is 5.32 Å². The van der Waals surface area contributed by atoms with Crippen LogP contribution in [0.15, 0.2) is 0 Å². The monoisotopic (exact) mass is 326 g/mol. The smallest absolute Gasteiger partial charge is 0.223 e. The molecular formula is C17H30N2O2S.